The molecular formula is C28H37ClN4O7. The molecule has 3 unspecified atom stereocenters. The average Bonchev–Trinajstić information content (AvgIpc) is 3.48. The van der Waals surface area contributed by atoms with Crippen LogP contribution in [-0.2, 0) is 24.0 Å². The maximum absolute atomic E-state index is 14.0. The second-order valence-electron chi connectivity index (χ2n) is 11.8. The van der Waals surface area contributed by atoms with E-state index in [9.17, 15) is 28.8 Å². The highest BCUT2D eigenvalue weighted by Gasteiger charge is 2.53. The minimum Gasteiger partial charge on any atom is -0.481 e. The van der Waals surface area contributed by atoms with Crippen molar-refractivity contribution in [3.63, 3.8) is 0 Å². The Balaban J connectivity index is 1.86. The Morgan fingerprint density at radius 1 is 1.12 bits per heavy atom. The zero-order valence-corrected chi connectivity index (χ0v) is 24.1. The van der Waals surface area contributed by atoms with Crippen LogP contribution in [0.4, 0.5) is 5.69 Å². The highest BCUT2D eigenvalue weighted by Crippen LogP contribution is 2.43. The number of nitrogens with one attached hydrogen (secondary N) is 3. The van der Waals surface area contributed by atoms with Crippen molar-refractivity contribution in [2.75, 3.05) is 5.32 Å². The molecule has 11 nitrogen and oxygen atoms in total. The van der Waals surface area contributed by atoms with E-state index in [0.717, 1.165) is 0 Å². The molecule has 4 amide bonds. The van der Waals surface area contributed by atoms with E-state index in [-0.39, 0.29) is 40.1 Å². The number of aldehydes is 1. The number of halogens is 1. The fourth-order valence-corrected chi connectivity index (χ4v) is 5.58. The van der Waals surface area contributed by atoms with Crippen molar-refractivity contribution in [3.05, 3.63) is 28.8 Å². The summed E-state index contributed by atoms with van der Waals surface area (Å²) in [6.07, 6.45) is 1.81. The number of carbonyl (C=O) groups is 6. The van der Waals surface area contributed by atoms with E-state index in [1.54, 1.807) is 46.8 Å². The van der Waals surface area contributed by atoms with Gasteiger partial charge in [0.15, 0.2) is 0 Å². The number of hydrogen-bond donors (Lipinski definition) is 4. The highest BCUT2D eigenvalue weighted by molar-refractivity contribution is 6.37. The van der Waals surface area contributed by atoms with Gasteiger partial charge in [-0.3, -0.25) is 24.0 Å². The van der Waals surface area contributed by atoms with Crippen molar-refractivity contribution < 1.29 is 33.9 Å². The zero-order valence-electron chi connectivity index (χ0n) is 23.3. The third-order valence-corrected chi connectivity index (χ3v) is 7.82. The second-order valence-corrected chi connectivity index (χ2v) is 12.2. The Labute approximate surface area is 238 Å². The number of benzene rings is 1. The molecule has 1 saturated heterocycles. The van der Waals surface area contributed by atoms with E-state index in [1.807, 2.05) is 0 Å². The molecule has 1 saturated carbocycles. The van der Waals surface area contributed by atoms with Crippen LogP contribution >= 0.6 is 11.6 Å². The molecular weight excluding hydrogens is 540 g/mol. The molecule has 5 atom stereocenters. The molecule has 2 aliphatic rings. The monoisotopic (exact) mass is 576 g/mol. The predicted octanol–water partition coefficient (Wildman–Crippen LogP) is 2.62. The number of fused-ring (bicyclic) bond motifs is 2. The summed E-state index contributed by atoms with van der Waals surface area (Å²) in [5.41, 5.74) is -0.420. The third-order valence-electron chi connectivity index (χ3n) is 7.41. The van der Waals surface area contributed by atoms with E-state index in [1.165, 1.54) is 11.0 Å². The van der Waals surface area contributed by atoms with Crippen LogP contribution < -0.4 is 16.0 Å². The minimum absolute atomic E-state index is 0.0323. The SMILES string of the molecule is CC(C)C(=O)Nc1cccc(C(=O)N[C@H](C(=O)N2C3CC[C@@H](C3)C2C(=O)NC(C=O)CC(=O)O)C(C)(C)C)c1Cl. The van der Waals surface area contributed by atoms with E-state index < -0.39 is 53.7 Å². The number of carboxylic acids is 1. The van der Waals surface area contributed by atoms with Crippen molar-refractivity contribution >= 4 is 53.2 Å². The molecule has 4 N–H and O–H groups in total. The van der Waals surface area contributed by atoms with Crippen molar-refractivity contribution in [2.24, 2.45) is 17.3 Å². The molecule has 40 heavy (non-hydrogen) atoms. The Morgan fingerprint density at radius 3 is 2.38 bits per heavy atom. The summed E-state index contributed by atoms with van der Waals surface area (Å²) in [4.78, 5) is 76.8. The number of amides is 4. The second kappa shape index (κ2) is 12.4. The van der Waals surface area contributed by atoms with E-state index in [2.05, 4.69) is 16.0 Å². The number of anilines is 1. The number of nitrogens with zero attached hydrogens (tertiary/aromatic N) is 1. The van der Waals surface area contributed by atoms with Gasteiger partial charge in [-0.15, -0.1) is 0 Å². The van der Waals surface area contributed by atoms with Gasteiger partial charge in [0.25, 0.3) is 5.91 Å². The molecule has 12 heteroatoms. The molecule has 2 fully saturated rings. The van der Waals surface area contributed by atoms with Crippen LogP contribution in [0.1, 0.15) is 70.7 Å². The first-order chi connectivity index (χ1) is 18.6. The quantitative estimate of drug-likeness (QED) is 0.311. The summed E-state index contributed by atoms with van der Waals surface area (Å²) in [5.74, 6) is -3.60. The fraction of sp³-hybridized carbons (Fsp3) is 0.571. The van der Waals surface area contributed by atoms with E-state index >= 15 is 0 Å². The van der Waals surface area contributed by atoms with Gasteiger partial charge < -0.3 is 30.8 Å². The van der Waals surface area contributed by atoms with E-state index in [0.29, 0.717) is 25.5 Å². The van der Waals surface area contributed by atoms with Gasteiger partial charge in [-0.05, 0) is 42.7 Å². The van der Waals surface area contributed by atoms with Gasteiger partial charge in [-0.2, -0.15) is 0 Å². The predicted molar refractivity (Wildman–Crippen MR) is 148 cm³/mol. The number of piperidine rings is 1. The molecule has 3 rings (SSSR count). The maximum Gasteiger partial charge on any atom is 0.305 e. The standard InChI is InChI=1S/C28H37ClN4O7/c1-14(2)24(37)31-19-8-6-7-18(21(19)29)25(38)32-23(28(3,4)5)27(40)33-17-10-9-15(11-17)22(33)26(39)30-16(13-34)12-20(35)36/h6-8,13-17,22-23H,9-12H2,1-5H3,(H,30,39)(H,31,37)(H,32,38)(H,35,36)/t15-,16?,17?,22?,23+/m0/s1. The summed E-state index contributed by atoms with van der Waals surface area (Å²) in [6, 6.07) is 1.27. The number of rotatable bonds is 10. The van der Waals surface area contributed by atoms with Crippen molar-refractivity contribution in [1.29, 1.82) is 0 Å². The van der Waals surface area contributed by atoms with Crippen molar-refractivity contribution in [1.82, 2.24) is 15.5 Å². The topological polar surface area (TPSA) is 162 Å². The van der Waals surface area contributed by atoms with Gasteiger partial charge in [0.2, 0.25) is 17.7 Å². The molecule has 1 heterocycles. The molecule has 1 aliphatic heterocycles. The lowest BCUT2D eigenvalue weighted by molar-refractivity contribution is -0.147. The first-order valence-electron chi connectivity index (χ1n) is 13.4. The van der Waals surface area contributed by atoms with Crippen molar-refractivity contribution in [2.45, 2.75) is 84.5 Å². The van der Waals surface area contributed by atoms with Gasteiger partial charge in [0.1, 0.15) is 18.4 Å². The summed E-state index contributed by atoms with van der Waals surface area (Å²) in [5, 5.41) is 17.0. The third kappa shape index (κ3) is 6.80. The van der Waals surface area contributed by atoms with Crippen LogP contribution in [-0.4, -0.2) is 70.1 Å². The van der Waals surface area contributed by atoms with Gasteiger partial charge in [-0.25, -0.2) is 0 Å². The molecule has 1 aromatic carbocycles. The summed E-state index contributed by atoms with van der Waals surface area (Å²) in [6.45, 7) is 8.81. The molecule has 2 bridgehead atoms. The smallest absolute Gasteiger partial charge is 0.305 e. The summed E-state index contributed by atoms with van der Waals surface area (Å²) in [7, 11) is 0. The van der Waals surface area contributed by atoms with Crippen LogP contribution in [0.5, 0.6) is 0 Å². The number of carbonyl (C=O) groups excluding carboxylic acids is 5. The summed E-state index contributed by atoms with van der Waals surface area (Å²) < 4.78 is 0. The first kappa shape index (κ1) is 31.1. The Bertz CT molecular complexity index is 1200. The van der Waals surface area contributed by atoms with Crippen molar-refractivity contribution in [3.8, 4) is 0 Å². The minimum atomic E-state index is -1.24. The maximum atomic E-state index is 14.0. The Morgan fingerprint density at radius 2 is 1.80 bits per heavy atom. The molecule has 0 radical (unpaired) electrons. The van der Waals surface area contributed by atoms with Gasteiger partial charge in [-0.1, -0.05) is 52.3 Å². The lowest BCUT2D eigenvalue weighted by atomic mass is 9.84. The van der Waals surface area contributed by atoms with Crippen LogP contribution in [0, 0.1) is 17.3 Å². The van der Waals surface area contributed by atoms with Crippen LogP contribution in [0.15, 0.2) is 18.2 Å². The molecule has 1 aromatic rings. The average molecular weight is 577 g/mol. The largest absolute Gasteiger partial charge is 0.481 e. The molecule has 0 spiro atoms. The lowest BCUT2D eigenvalue weighted by Gasteiger charge is -2.40. The fourth-order valence-electron chi connectivity index (χ4n) is 5.32. The highest BCUT2D eigenvalue weighted by atomic mass is 35.5. The number of likely N-dealkylation sites (tertiary alicyclic amines) is 1. The molecule has 0 aromatic heterocycles. The lowest BCUT2D eigenvalue weighted by Crippen LogP contribution is -2.61. The molecule has 218 valence electrons. The first-order valence-corrected chi connectivity index (χ1v) is 13.7. The van der Waals surface area contributed by atoms with Gasteiger partial charge >= 0.3 is 5.97 Å². The van der Waals surface area contributed by atoms with Gasteiger partial charge in [0, 0.05) is 12.0 Å². The zero-order chi connectivity index (χ0) is 29.9. The molecule has 1 aliphatic carbocycles. The van der Waals surface area contributed by atoms with Crippen LogP contribution in [0.2, 0.25) is 5.02 Å². The van der Waals surface area contributed by atoms with Crippen LogP contribution in [0.3, 0.4) is 0 Å². The Kier molecular flexibility index (Phi) is 9.60. The van der Waals surface area contributed by atoms with Crippen LogP contribution in [0.25, 0.3) is 0 Å². The number of carboxylic acid groups (broad SMARTS) is 1. The number of aliphatic carboxylic acids is 1. The summed E-state index contributed by atoms with van der Waals surface area (Å²) >= 11 is 6.48. The Hall–Kier alpha value is -3.47. The van der Waals surface area contributed by atoms with E-state index in [4.69, 9.17) is 16.7 Å². The normalized spacial score (nSPS) is 21.5. The number of hydrogen-bond acceptors (Lipinski definition) is 6. The van der Waals surface area contributed by atoms with Gasteiger partial charge in [0.05, 0.1) is 28.7 Å².